The van der Waals surface area contributed by atoms with Crippen molar-refractivity contribution < 1.29 is 14.0 Å². The monoisotopic (exact) mass is 354 g/mol. The second-order valence-electron chi connectivity index (χ2n) is 6.05. The average Bonchev–Trinajstić information content (AvgIpc) is 2.62. The van der Waals surface area contributed by atoms with Gasteiger partial charge in [-0.05, 0) is 37.3 Å². The van der Waals surface area contributed by atoms with Gasteiger partial charge in [-0.2, -0.15) is 0 Å². The van der Waals surface area contributed by atoms with E-state index < -0.39 is 0 Å². The summed E-state index contributed by atoms with van der Waals surface area (Å²) in [7, 11) is 0. The van der Waals surface area contributed by atoms with Gasteiger partial charge in [0.25, 0.3) is 0 Å². The summed E-state index contributed by atoms with van der Waals surface area (Å²) in [6, 6.07) is 13.4. The highest BCUT2D eigenvalue weighted by Crippen LogP contribution is 2.12. The Morgan fingerprint density at radius 2 is 1.85 bits per heavy atom. The van der Waals surface area contributed by atoms with Gasteiger partial charge in [-0.15, -0.1) is 6.58 Å². The molecule has 0 aromatic heterocycles. The third kappa shape index (κ3) is 5.93. The molecule has 5 heteroatoms. The lowest BCUT2D eigenvalue weighted by atomic mass is 10.1. The third-order valence-corrected chi connectivity index (χ3v) is 3.97. The third-order valence-electron chi connectivity index (χ3n) is 3.97. The Hall–Kier alpha value is -2.79. The fourth-order valence-corrected chi connectivity index (χ4v) is 2.56. The number of hydrogen-bond donors (Lipinski definition) is 1. The number of ketones is 1. The van der Waals surface area contributed by atoms with Crippen LogP contribution in [0, 0.1) is 5.82 Å². The van der Waals surface area contributed by atoms with Gasteiger partial charge in [-0.25, -0.2) is 4.39 Å². The van der Waals surface area contributed by atoms with E-state index in [-0.39, 0.29) is 23.9 Å². The number of amides is 1. The Kier molecular flexibility index (Phi) is 7.24. The molecule has 2 aromatic rings. The maximum absolute atomic E-state index is 13.8. The van der Waals surface area contributed by atoms with Gasteiger partial charge in [-0.3, -0.25) is 14.5 Å². The van der Waals surface area contributed by atoms with Crippen LogP contribution in [0.4, 0.5) is 10.1 Å². The summed E-state index contributed by atoms with van der Waals surface area (Å²) in [5, 5.41) is 2.80. The molecule has 0 heterocycles. The number of rotatable bonds is 9. The van der Waals surface area contributed by atoms with Crippen molar-refractivity contribution in [2.45, 2.75) is 19.9 Å². The van der Waals surface area contributed by atoms with Crippen molar-refractivity contribution in [3.8, 4) is 0 Å². The number of carbonyl (C=O) groups excluding carboxylic acids is 2. The molecule has 1 amide bonds. The number of halogens is 1. The quantitative estimate of drug-likeness (QED) is 0.546. The molecule has 4 nitrogen and oxygen atoms in total. The van der Waals surface area contributed by atoms with Crippen LogP contribution in [0.5, 0.6) is 0 Å². The largest absolute Gasteiger partial charge is 0.326 e. The van der Waals surface area contributed by atoms with Crippen molar-refractivity contribution >= 4 is 17.4 Å². The van der Waals surface area contributed by atoms with E-state index in [0.717, 1.165) is 0 Å². The predicted octanol–water partition coefficient (Wildman–Crippen LogP) is 4.05. The van der Waals surface area contributed by atoms with Crippen molar-refractivity contribution in [3.05, 3.63) is 78.1 Å². The summed E-state index contributed by atoms with van der Waals surface area (Å²) in [4.78, 5) is 25.4. The number of anilines is 1. The van der Waals surface area contributed by atoms with Crippen LogP contribution in [-0.4, -0.2) is 29.7 Å². The molecular weight excluding hydrogens is 331 g/mol. The first-order valence-corrected chi connectivity index (χ1v) is 8.47. The zero-order chi connectivity index (χ0) is 18.9. The molecule has 0 atom stereocenters. The molecule has 0 aliphatic heterocycles. The van der Waals surface area contributed by atoms with E-state index in [0.29, 0.717) is 36.4 Å². The highest BCUT2D eigenvalue weighted by Gasteiger charge is 2.11. The molecule has 0 unspecified atom stereocenters. The summed E-state index contributed by atoms with van der Waals surface area (Å²) in [5.41, 5.74) is 1.84. The van der Waals surface area contributed by atoms with Gasteiger partial charge in [0, 0.05) is 42.9 Å². The molecule has 0 aliphatic carbocycles. The normalized spacial score (nSPS) is 10.6. The topological polar surface area (TPSA) is 49.4 Å². The Morgan fingerprint density at radius 1 is 1.15 bits per heavy atom. The van der Waals surface area contributed by atoms with E-state index >= 15 is 0 Å². The summed E-state index contributed by atoms with van der Waals surface area (Å²) in [6.45, 7) is 6.68. The van der Waals surface area contributed by atoms with Gasteiger partial charge < -0.3 is 5.32 Å². The molecule has 0 bridgehead atoms. The zero-order valence-electron chi connectivity index (χ0n) is 14.9. The molecule has 136 valence electrons. The summed E-state index contributed by atoms with van der Waals surface area (Å²) in [5.74, 6) is -0.407. The van der Waals surface area contributed by atoms with Crippen LogP contribution >= 0.6 is 0 Å². The summed E-state index contributed by atoms with van der Waals surface area (Å²) < 4.78 is 13.8. The van der Waals surface area contributed by atoms with Crippen LogP contribution in [-0.2, 0) is 11.3 Å². The number of hydrogen-bond acceptors (Lipinski definition) is 3. The van der Waals surface area contributed by atoms with Crippen LogP contribution in [0.2, 0.25) is 0 Å². The predicted molar refractivity (Wildman–Crippen MR) is 102 cm³/mol. The van der Waals surface area contributed by atoms with E-state index in [4.69, 9.17) is 0 Å². The molecule has 0 radical (unpaired) electrons. The van der Waals surface area contributed by atoms with Gasteiger partial charge in [0.1, 0.15) is 5.82 Å². The minimum absolute atomic E-state index is 0.0175. The molecule has 2 aromatic carbocycles. The standard InChI is InChI=1S/C21H23FN2O2/c1-3-13-24(15-18-6-4-5-7-20(18)22)14-12-21(26)23-19-10-8-17(9-11-19)16(2)25/h3-11H,1,12-15H2,2H3,(H,23,26). The van der Waals surface area contributed by atoms with Crippen molar-refractivity contribution in [2.75, 3.05) is 18.4 Å². The SMILES string of the molecule is C=CCN(CCC(=O)Nc1ccc(C(C)=O)cc1)Cc1ccccc1F. The van der Waals surface area contributed by atoms with Crippen molar-refractivity contribution in [3.63, 3.8) is 0 Å². The molecule has 0 fully saturated rings. The molecule has 0 aliphatic rings. The first kappa shape index (κ1) is 19.5. The van der Waals surface area contributed by atoms with Crippen LogP contribution < -0.4 is 5.32 Å². The number of nitrogens with zero attached hydrogens (tertiary/aromatic N) is 1. The second-order valence-corrected chi connectivity index (χ2v) is 6.05. The highest BCUT2D eigenvalue weighted by molar-refractivity contribution is 5.95. The van der Waals surface area contributed by atoms with E-state index in [2.05, 4.69) is 11.9 Å². The fourth-order valence-electron chi connectivity index (χ4n) is 2.56. The van der Waals surface area contributed by atoms with Crippen LogP contribution in [0.3, 0.4) is 0 Å². The van der Waals surface area contributed by atoms with Crippen molar-refractivity contribution in [1.82, 2.24) is 4.90 Å². The Bertz CT molecular complexity index is 772. The molecule has 26 heavy (non-hydrogen) atoms. The van der Waals surface area contributed by atoms with Crippen molar-refractivity contribution in [2.24, 2.45) is 0 Å². The summed E-state index contributed by atoms with van der Waals surface area (Å²) in [6.07, 6.45) is 2.01. The second kappa shape index (κ2) is 9.63. The minimum atomic E-state index is -0.253. The first-order valence-electron chi connectivity index (χ1n) is 8.47. The van der Waals surface area contributed by atoms with E-state index in [9.17, 15) is 14.0 Å². The number of nitrogens with one attached hydrogen (secondary N) is 1. The van der Waals surface area contributed by atoms with Gasteiger partial charge in [0.2, 0.25) is 5.91 Å². The Labute approximate surface area is 153 Å². The lowest BCUT2D eigenvalue weighted by Crippen LogP contribution is -2.28. The van der Waals surface area contributed by atoms with E-state index in [1.165, 1.54) is 13.0 Å². The zero-order valence-corrected chi connectivity index (χ0v) is 14.9. The van der Waals surface area contributed by atoms with Crippen LogP contribution in [0.25, 0.3) is 0 Å². The lowest BCUT2D eigenvalue weighted by molar-refractivity contribution is -0.116. The first-order chi connectivity index (χ1) is 12.5. The average molecular weight is 354 g/mol. The van der Waals surface area contributed by atoms with Crippen molar-refractivity contribution in [1.29, 1.82) is 0 Å². The maximum Gasteiger partial charge on any atom is 0.225 e. The molecular formula is C21H23FN2O2. The molecule has 0 spiro atoms. The smallest absolute Gasteiger partial charge is 0.225 e. The maximum atomic E-state index is 13.8. The van der Waals surface area contributed by atoms with Crippen LogP contribution in [0.1, 0.15) is 29.3 Å². The van der Waals surface area contributed by atoms with E-state index in [1.54, 1.807) is 48.5 Å². The minimum Gasteiger partial charge on any atom is -0.326 e. The van der Waals surface area contributed by atoms with Gasteiger partial charge >= 0.3 is 0 Å². The molecule has 1 N–H and O–H groups in total. The molecule has 2 rings (SSSR count). The highest BCUT2D eigenvalue weighted by atomic mass is 19.1. The van der Waals surface area contributed by atoms with Crippen LogP contribution in [0.15, 0.2) is 61.2 Å². The fraction of sp³-hybridized carbons (Fsp3) is 0.238. The van der Waals surface area contributed by atoms with E-state index in [1.807, 2.05) is 4.90 Å². The number of Topliss-reactive ketones (excluding diaryl/α,β-unsaturated/α-hetero) is 1. The van der Waals surface area contributed by atoms with Gasteiger partial charge in [-0.1, -0.05) is 24.3 Å². The molecule has 0 saturated heterocycles. The Balaban J connectivity index is 1.89. The molecule has 0 saturated carbocycles. The number of benzene rings is 2. The summed E-state index contributed by atoms with van der Waals surface area (Å²) >= 11 is 0. The van der Waals surface area contributed by atoms with Gasteiger partial charge in [0.05, 0.1) is 0 Å². The number of carbonyl (C=O) groups is 2. The van der Waals surface area contributed by atoms with Gasteiger partial charge in [0.15, 0.2) is 5.78 Å². The Morgan fingerprint density at radius 3 is 2.46 bits per heavy atom. The lowest BCUT2D eigenvalue weighted by Gasteiger charge is -2.20.